The van der Waals surface area contributed by atoms with Gasteiger partial charge in [-0.3, -0.25) is 4.99 Å². The lowest BCUT2D eigenvalue weighted by Crippen LogP contribution is -2.41. The molecule has 0 atom stereocenters. The first-order chi connectivity index (χ1) is 8.53. The molecule has 0 aromatic carbocycles. The SMILES string of the molecule is CC(C)(C)C1=NCC(B2OC(C)(C)C(C)(C)O2)=CC1. The molecule has 2 heterocycles. The Labute approximate surface area is 117 Å². The molecule has 2 aliphatic heterocycles. The monoisotopic (exact) mass is 263 g/mol. The first kappa shape index (κ1) is 14.8. The number of rotatable bonds is 1. The van der Waals surface area contributed by atoms with Crippen molar-refractivity contribution in [3.63, 3.8) is 0 Å². The minimum Gasteiger partial charge on any atom is -0.400 e. The van der Waals surface area contributed by atoms with Gasteiger partial charge in [-0.05, 0) is 33.2 Å². The van der Waals surface area contributed by atoms with E-state index in [1.165, 1.54) is 5.71 Å². The number of hydrogen-bond acceptors (Lipinski definition) is 3. The summed E-state index contributed by atoms with van der Waals surface area (Å²) in [4.78, 5) is 4.71. The minimum atomic E-state index is -0.271. The second-order valence-electron chi connectivity index (χ2n) is 7.58. The van der Waals surface area contributed by atoms with E-state index >= 15 is 0 Å². The molecule has 0 aliphatic carbocycles. The largest absolute Gasteiger partial charge is 0.492 e. The summed E-state index contributed by atoms with van der Waals surface area (Å²) >= 11 is 0. The quantitative estimate of drug-likeness (QED) is 0.678. The van der Waals surface area contributed by atoms with E-state index in [9.17, 15) is 0 Å². The average molecular weight is 263 g/mol. The highest BCUT2D eigenvalue weighted by molar-refractivity contribution is 6.55. The van der Waals surface area contributed by atoms with E-state index < -0.39 is 0 Å². The van der Waals surface area contributed by atoms with Crippen LogP contribution in [-0.4, -0.2) is 30.6 Å². The van der Waals surface area contributed by atoms with Crippen molar-refractivity contribution >= 4 is 12.8 Å². The summed E-state index contributed by atoms with van der Waals surface area (Å²) in [6.07, 6.45) is 3.14. The maximum Gasteiger partial charge on any atom is 0.492 e. The van der Waals surface area contributed by atoms with Crippen molar-refractivity contribution < 1.29 is 9.31 Å². The van der Waals surface area contributed by atoms with Gasteiger partial charge >= 0.3 is 7.12 Å². The Kier molecular flexibility index (Phi) is 3.47. The maximum atomic E-state index is 6.06. The Morgan fingerprint density at radius 3 is 2.00 bits per heavy atom. The zero-order chi connectivity index (χ0) is 14.5. The van der Waals surface area contributed by atoms with Crippen LogP contribution in [-0.2, 0) is 9.31 Å². The topological polar surface area (TPSA) is 30.8 Å². The predicted molar refractivity (Wildman–Crippen MR) is 80.5 cm³/mol. The van der Waals surface area contributed by atoms with E-state index in [2.05, 4.69) is 54.5 Å². The molecule has 0 saturated carbocycles. The summed E-state index contributed by atoms with van der Waals surface area (Å²) in [7, 11) is -0.240. The highest BCUT2D eigenvalue weighted by atomic mass is 16.7. The van der Waals surface area contributed by atoms with Gasteiger partial charge in [0.05, 0.1) is 17.7 Å². The van der Waals surface area contributed by atoms with E-state index in [0.717, 1.165) is 11.9 Å². The fraction of sp³-hybridized carbons (Fsp3) is 0.800. The van der Waals surface area contributed by atoms with E-state index in [1.807, 2.05) is 0 Å². The number of nitrogens with zero attached hydrogens (tertiary/aromatic N) is 1. The Bertz CT molecular complexity index is 414. The van der Waals surface area contributed by atoms with Gasteiger partial charge in [0.1, 0.15) is 0 Å². The lowest BCUT2D eigenvalue weighted by molar-refractivity contribution is 0.00578. The van der Waals surface area contributed by atoms with Crippen LogP contribution in [0.5, 0.6) is 0 Å². The lowest BCUT2D eigenvalue weighted by Gasteiger charge is -2.32. The van der Waals surface area contributed by atoms with Crippen LogP contribution >= 0.6 is 0 Å². The molecule has 19 heavy (non-hydrogen) atoms. The molecular weight excluding hydrogens is 237 g/mol. The van der Waals surface area contributed by atoms with Crippen LogP contribution in [0.1, 0.15) is 54.9 Å². The smallest absolute Gasteiger partial charge is 0.400 e. The molecule has 0 aromatic heterocycles. The van der Waals surface area contributed by atoms with Crippen LogP contribution in [0.3, 0.4) is 0 Å². The van der Waals surface area contributed by atoms with Gasteiger partial charge in [-0.2, -0.15) is 0 Å². The van der Waals surface area contributed by atoms with Gasteiger partial charge < -0.3 is 9.31 Å². The molecular formula is C15H26BNO2. The molecule has 0 unspecified atom stereocenters. The van der Waals surface area contributed by atoms with Crippen molar-refractivity contribution in [3.05, 3.63) is 11.5 Å². The fourth-order valence-electron chi connectivity index (χ4n) is 2.25. The number of aliphatic imine (C=N–C) groups is 1. The summed E-state index contributed by atoms with van der Waals surface area (Å²) in [6.45, 7) is 15.7. The molecule has 0 aromatic rings. The van der Waals surface area contributed by atoms with Crippen LogP contribution < -0.4 is 0 Å². The molecule has 0 radical (unpaired) electrons. The van der Waals surface area contributed by atoms with Gasteiger partial charge in [0, 0.05) is 17.5 Å². The van der Waals surface area contributed by atoms with Crippen LogP contribution in [0, 0.1) is 5.41 Å². The van der Waals surface area contributed by atoms with Crippen molar-refractivity contribution in [2.45, 2.75) is 66.1 Å². The zero-order valence-corrected chi connectivity index (χ0v) is 13.3. The number of dihydropyridines is 1. The van der Waals surface area contributed by atoms with Crippen LogP contribution in [0.2, 0.25) is 0 Å². The molecule has 0 bridgehead atoms. The van der Waals surface area contributed by atoms with Gasteiger partial charge in [-0.15, -0.1) is 0 Å². The second kappa shape index (κ2) is 4.46. The second-order valence-corrected chi connectivity index (χ2v) is 7.58. The van der Waals surface area contributed by atoms with Gasteiger partial charge in [-0.25, -0.2) is 0 Å². The van der Waals surface area contributed by atoms with Crippen molar-refractivity contribution in [2.75, 3.05) is 6.54 Å². The summed E-state index contributed by atoms with van der Waals surface area (Å²) < 4.78 is 12.1. The van der Waals surface area contributed by atoms with Crippen molar-refractivity contribution in [1.82, 2.24) is 0 Å². The molecule has 1 fully saturated rings. The van der Waals surface area contributed by atoms with Crippen LogP contribution in [0.4, 0.5) is 0 Å². The average Bonchev–Trinajstić information content (AvgIpc) is 2.47. The van der Waals surface area contributed by atoms with Crippen LogP contribution in [0.25, 0.3) is 0 Å². The minimum absolute atomic E-state index is 0.151. The molecule has 2 rings (SSSR count). The van der Waals surface area contributed by atoms with E-state index in [-0.39, 0.29) is 23.7 Å². The molecule has 3 nitrogen and oxygen atoms in total. The van der Waals surface area contributed by atoms with Gasteiger partial charge in [0.25, 0.3) is 0 Å². The first-order valence-corrected chi connectivity index (χ1v) is 7.11. The Morgan fingerprint density at radius 1 is 1.11 bits per heavy atom. The normalized spacial score (nSPS) is 26.2. The summed E-state index contributed by atoms with van der Waals surface area (Å²) in [5, 5.41) is 0. The zero-order valence-electron chi connectivity index (χ0n) is 13.3. The van der Waals surface area contributed by atoms with Crippen LogP contribution in [0.15, 0.2) is 16.5 Å². The standard InChI is InChI=1S/C15H26BNO2/c1-13(2,3)12-9-8-11(10-17-12)16-18-14(4,5)15(6,7)19-16/h8H,9-10H2,1-7H3. The first-order valence-electron chi connectivity index (χ1n) is 7.11. The third-order valence-corrected chi connectivity index (χ3v) is 4.43. The molecule has 0 spiro atoms. The Hall–Kier alpha value is -0.605. The molecule has 2 aliphatic rings. The van der Waals surface area contributed by atoms with E-state index in [1.54, 1.807) is 0 Å². The summed E-state index contributed by atoms with van der Waals surface area (Å²) in [5.74, 6) is 0. The predicted octanol–water partition coefficient (Wildman–Crippen LogP) is 3.44. The third-order valence-electron chi connectivity index (χ3n) is 4.43. The Morgan fingerprint density at radius 2 is 1.63 bits per heavy atom. The van der Waals surface area contributed by atoms with Crippen molar-refractivity contribution in [3.8, 4) is 0 Å². The summed E-state index contributed by atoms with van der Waals surface area (Å²) in [6, 6.07) is 0. The Balaban J connectivity index is 2.07. The van der Waals surface area contributed by atoms with E-state index in [4.69, 9.17) is 14.3 Å². The van der Waals surface area contributed by atoms with Gasteiger partial charge in [0.15, 0.2) is 0 Å². The molecule has 0 N–H and O–H groups in total. The molecule has 4 heteroatoms. The lowest BCUT2D eigenvalue weighted by atomic mass is 9.75. The van der Waals surface area contributed by atoms with Crippen molar-refractivity contribution in [2.24, 2.45) is 10.4 Å². The molecule has 106 valence electrons. The summed E-state index contributed by atoms with van der Waals surface area (Å²) in [5.41, 5.74) is 2.02. The van der Waals surface area contributed by atoms with Gasteiger partial charge in [-0.1, -0.05) is 26.8 Å². The number of allylic oxidation sites excluding steroid dienone is 1. The highest BCUT2D eigenvalue weighted by Gasteiger charge is 2.52. The van der Waals surface area contributed by atoms with E-state index in [0.29, 0.717) is 6.54 Å². The van der Waals surface area contributed by atoms with Gasteiger partial charge in [0.2, 0.25) is 0 Å². The van der Waals surface area contributed by atoms with Crippen molar-refractivity contribution in [1.29, 1.82) is 0 Å². The molecule has 0 amide bonds. The number of hydrogen-bond donors (Lipinski definition) is 0. The fourth-order valence-corrected chi connectivity index (χ4v) is 2.25. The third kappa shape index (κ3) is 2.80. The molecule has 1 saturated heterocycles. The highest BCUT2D eigenvalue weighted by Crippen LogP contribution is 2.39. The maximum absolute atomic E-state index is 6.06.